The van der Waals surface area contributed by atoms with Crippen LogP contribution >= 0.6 is 15.6 Å². The van der Waals surface area contributed by atoms with Crippen LogP contribution in [-0.4, -0.2) is 96.7 Å². The maximum atomic E-state index is 13.1. The van der Waals surface area contributed by atoms with Crippen molar-refractivity contribution in [1.82, 2.24) is 0 Å². The van der Waals surface area contributed by atoms with Crippen molar-refractivity contribution in [2.24, 2.45) is 11.8 Å². The maximum absolute atomic E-state index is 13.1. The number of hydrogen-bond donors (Lipinski definition) is 3. The Morgan fingerprint density at radius 3 is 0.768 bits per heavy atom. The number of esters is 4. The zero-order valence-electron chi connectivity index (χ0n) is 64.8. The highest BCUT2D eigenvalue weighted by molar-refractivity contribution is 7.47. The van der Waals surface area contributed by atoms with E-state index in [-0.39, 0.29) is 25.7 Å². The predicted octanol–water partition coefficient (Wildman–Crippen LogP) is 23.9. The number of phosphoric acid groups is 2. The molecule has 0 fully saturated rings. The van der Waals surface area contributed by atoms with Gasteiger partial charge in [0.2, 0.25) is 0 Å². The molecule has 19 heteroatoms. The van der Waals surface area contributed by atoms with Crippen LogP contribution in [0.3, 0.4) is 0 Å². The second kappa shape index (κ2) is 71.7. The van der Waals surface area contributed by atoms with Gasteiger partial charge in [0.1, 0.15) is 19.3 Å². The van der Waals surface area contributed by atoms with Crippen LogP contribution in [0, 0.1) is 11.8 Å². The van der Waals surface area contributed by atoms with Crippen LogP contribution in [0.2, 0.25) is 0 Å². The quantitative estimate of drug-likeness (QED) is 0.0222. The van der Waals surface area contributed by atoms with Crippen LogP contribution < -0.4 is 0 Å². The highest BCUT2D eigenvalue weighted by Gasteiger charge is 2.30. The number of phosphoric ester groups is 2. The first-order valence-corrected chi connectivity index (χ1v) is 44.5. The van der Waals surface area contributed by atoms with Gasteiger partial charge in [0.05, 0.1) is 26.4 Å². The average molecular weight is 1450 g/mol. The summed E-state index contributed by atoms with van der Waals surface area (Å²) in [6, 6.07) is 0. The Balaban J connectivity index is 5.26. The summed E-state index contributed by atoms with van der Waals surface area (Å²) < 4.78 is 68.7. The highest BCUT2D eigenvalue weighted by Crippen LogP contribution is 2.45. The summed E-state index contributed by atoms with van der Waals surface area (Å²) in [5.41, 5.74) is 0. The molecule has 0 saturated heterocycles. The summed E-state index contributed by atoms with van der Waals surface area (Å²) in [5, 5.41) is 10.6. The maximum Gasteiger partial charge on any atom is 0.472 e. The van der Waals surface area contributed by atoms with Crippen molar-refractivity contribution in [2.75, 3.05) is 39.6 Å². The molecule has 17 nitrogen and oxygen atoms in total. The third-order valence-corrected chi connectivity index (χ3v) is 21.0. The number of ether oxygens (including phenoxy) is 4. The van der Waals surface area contributed by atoms with E-state index in [1.54, 1.807) is 0 Å². The van der Waals surface area contributed by atoms with Crippen molar-refractivity contribution in [3.8, 4) is 0 Å². The highest BCUT2D eigenvalue weighted by atomic mass is 31.2. The van der Waals surface area contributed by atoms with Gasteiger partial charge in [-0.1, -0.05) is 369 Å². The van der Waals surface area contributed by atoms with Gasteiger partial charge in [0, 0.05) is 25.7 Å². The Morgan fingerprint density at radius 2 is 0.515 bits per heavy atom. The zero-order valence-corrected chi connectivity index (χ0v) is 66.6. The Kier molecular flexibility index (Phi) is 70.3. The fraction of sp³-hybridized carbons (Fsp3) is 0.950. The Hall–Kier alpha value is -1.94. The van der Waals surface area contributed by atoms with Crippen LogP contribution in [0.4, 0.5) is 0 Å². The van der Waals surface area contributed by atoms with Gasteiger partial charge in [-0.2, -0.15) is 0 Å². The monoisotopic (exact) mass is 1450 g/mol. The van der Waals surface area contributed by atoms with E-state index in [0.29, 0.717) is 25.7 Å². The molecule has 0 aromatic heterocycles. The van der Waals surface area contributed by atoms with Crippen molar-refractivity contribution in [1.29, 1.82) is 0 Å². The van der Waals surface area contributed by atoms with Gasteiger partial charge in [-0.15, -0.1) is 0 Å². The number of carbonyl (C=O) groups excluding carboxylic acids is 4. The Bertz CT molecular complexity index is 1910. The van der Waals surface area contributed by atoms with Gasteiger partial charge < -0.3 is 33.8 Å². The molecule has 0 radical (unpaired) electrons. The molecule has 3 N–H and O–H groups in total. The smallest absolute Gasteiger partial charge is 0.462 e. The van der Waals surface area contributed by atoms with Gasteiger partial charge in [-0.25, -0.2) is 9.13 Å². The second-order valence-electron chi connectivity index (χ2n) is 29.5. The third kappa shape index (κ3) is 72.8. The molecular weight excluding hydrogens is 1290 g/mol. The van der Waals surface area contributed by atoms with Gasteiger partial charge in [-0.05, 0) is 37.5 Å². The van der Waals surface area contributed by atoms with E-state index < -0.39 is 97.5 Å². The lowest BCUT2D eigenvalue weighted by atomic mass is 9.99. The molecule has 6 atom stereocenters. The summed E-state index contributed by atoms with van der Waals surface area (Å²) in [4.78, 5) is 73.0. The molecule has 0 aliphatic carbocycles. The molecule has 0 bridgehead atoms. The minimum atomic E-state index is -4.96. The fourth-order valence-corrected chi connectivity index (χ4v) is 13.9. The van der Waals surface area contributed by atoms with Gasteiger partial charge in [0.25, 0.3) is 0 Å². The third-order valence-electron chi connectivity index (χ3n) is 19.1. The molecule has 588 valence electrons. The van der Waals surface area contributed by atoms with Crippen LogP contribution in [0.5, 0.6) is 0 Å². The number of aliphatic hydroxyl groups is 1. The van der Waals surface area contributed by atoms with Crippen molar-refractivity contribution in [3.63, 3.8) is 0 Å². The van der Waals surface area contributed by atoms with Crippen molar-refractivity contribution in [3.05, 3.63) is 0 Å². The van der Waals surface area contributed by atoms with Gasteiger partial charge in [-0.3, -0.25) is 37.3 Å². The topological polar surface area (TPSA) is 237 Å². The van der Waals surface area contributed by atoms with Crippen molar-refractivity contribution >= 4 is 39.5 Å². The number of rotatable bonds is 79. The van der Waals surface area contributed by atoms with E-state index >= 15 is 0 Å². The molecule has 0 amide bonds. The molecule has 3 unspecified atom stereocenters. The van der Waals surface area contributed by atoms with Crippen LogP contribution in [0.1, 0.15) is 420 Å². The fourth-order valence-electron chi connectivity index (χ4n) is 12.3. The van der Waals surface area contributed by atoms with E-state index in [1.165, 1.54) is 238 Å². The van der Waals surface area contributed by atoms with Crippen LogP contribution in [0.25, 0.3) is 0 Å². The molecule has 0 heterocycles. The van der Waals surface area contributed by atoms with E-state index in [4.69, 9.17) is 37.0 Å². The van der Waals surface area contributed by atoms with Gasteiger partial charge >= 0.3 is 39.5 Å². The molecule has 0 aliphatic heterocycles. The normalized spacial score (nSPS) is 14.2. The first-order chi connectivity index (χ1) is 47.9. The van der Waals surface area contributed by atoms with Crippen LogP contribution in [0.15, 0.2) is 0 Å². The second-order valence-corrected chi connectivity index (χ2v) is 32.4. The van der Waals surface area contributed by atoms with Gasteiger partial charge in [0.15, 0.2) is 12.2 Å². The lowest BCUT2D eigenvalue weighted by molar-refractivity contribution is -0.161. The minimum absolute atomic E-state index is 0.106. The predicted molar refractivity (Wildman–Crippen MR) is 405 cm³/mol. The lowest BCUT2D eigenvalue weighted by Gasteiger charge is -2.21. The molecule has 0 aromatic carbocycles. The van der Waals surface area contributed by atoms with Crippen molar-refractivity contribution < 1.29 is 80.2 Å². The standard InChI is InChI=1S/C80H156O17P2/c1-7-10-12-14-16-18-20-22-23-24-28-32-39-45-51-57-63-78(83)91-68-75(96-79(84)64-58-52-46-40-33-29-26-25-27-30-37-43-49-55-61-73(6)9-3)70-94-98(86,87)92-66-74(81)67-93-99(88,89)95-71-76(69-90-77(82)62-56-50-44-38-31-21-19-17-15-13-11-8-2)97-80(85)65-59-53-47-41-35-34-36-42-48-54-60-72(4)5/h72-76,81H,7-71H2,1-6H3,(H,86,87)(H,88,89)/t73?,74-,75-,76-/m1/s1. The molecule has 0 aliphatic rings. The summed E-state index contributed by atoms with van der Waals surface area (Å²) >= 11 is 0. The van der Waals surface area contributed by atoms with E-state index in [0.717, 1.165) is 102 Å². The molecule has 0 aromatic rings. The first-order valence-electron chi connectivity index (χ1n) is 41.5. The molecule has 0 saturated carbocycles. The van der Waals surface area contributed by atoms with E-state index in [1.807, 2.05) is 0 Å². The van der Waals surface area contributed by atoms with E-state index in [9.17, 15) is 43.2 Å². The van der Waals surface area contributed by atoms with Crippen molar-refractivity contribution in [2.45, 2.75) is 439 Å². The zero-order chi connectivity index (χ0) is 72.8. The summed E-state index contributed by atoms with van der Waals surface area (Å²) in [6.07, 6.45) is 60.8. The average Bonchev–Trinajstić information content (AvgIpc) is 0.976. The summed E-state index contributed by atoms with van der Waals surface area (Å²) in [6.45, 7) is 9.68. The SMILES string of the molecule is CCCCCCCCCCCCCCCCCCC(=O)OC[C@H](COP(=O)(O)OC[C@@H](O)COP(=O)(O)OC[C@@H](COC(=O)CCCCCCCCCCCCCC)OC(=O)CCCCCCCCCCCCC(C)C)OC(=O)CCCCCCCCCCCCCCCCC(C)CC. The Labute approximate surface area is 607 Å². The number of unbranched alkanes of at least 4 members (excludes halogenated alkanes) is 48. The Morgan fingerprint density at radius 1 is 0.293 bits per heavy atom. The molecule has 0 rings (SSSR count). The number of carbonyl (C=O) groups is 4. The molecular formula is C80H156O17P2. The number of hydrogen-bond acceptors (Lipinski definition) is 15. The molecule has 99 heavy (non-hydrogen) atoms. The summed E-state index contributed by atoms with van der Waals surface area (Å²) in [7, 11) is -9.92. The van der Waals surface area contributed by atoms with E-state index in [2.05, 4.69) is 41.5 Å². The minimum Gasteiger partial charge on any atom is -0.462 e. The number of aliphatic hydroxyl groups excluding tert-OH is 1. The lowest BCUT2D eigenvalue weighted by Crippen LogP contribution is -2.30. The first kappa shape index (κ1) is 97.1. The largest absolute Gasteiger partial charge is 0.472 e. The molecule has 0 spiro atoms. The van der Waals surface area contributed by atoms with Crippen LogP contribution in [-0.2, 0) is 65.4 Å². The summed E-state index contributed by atoms with van der Waals surface area (Å²) in [5.74, 6) is -0.510.